The van der Waals surface area contributed by atoms with Crippen LogP contribution in [0.3, 0.4) is 0 Å². The van der Waals surface area contributed by atoms with Gasteiger partial charge in [-0.25, -0.2) is 4.39 Å². The zero-order chi connectivity index (χ0) is 14.4. The molecule has 0 aliphatic rings. The van der Waals surface area contributed by atoms with E-state index in [-0.39, 0.29) is 18.2 Å². The summed E-state index contributed by atoms with van der Waals surface area (Å²) in [7, 11) is 0. The Morgan fingerprint density at radius 1 is 1.05 bits per heavy atom. The number of hydrogen-bond acceptors (Lipinski definition) is 2. The second-order valence-corrected chi connectivity index (χ2v) is 5.06. The van der Waals surface area contributed by atoms with Crippen molar-refractivity contribution < 1.29 is 4.39 Å². The summed E-state index contributed by atoms with van der Waals surface area (Å²) in [5.74, 6) is -0.181. The number of nitrogens with zero attached hydrogens (tertiary/aromatic N) is 1. The Balaban J connectivity index is 0.00000220. The lowest BCUT2D eigenvalue weighted by molar-refractivity contribution is 0.264. The molecule has 0 saturated heterocycles. The van der Waals surface area contributed by atoms with Gasteiger partial charge in [-0.1, -0.05) is 36.4 Å². The Bertz CT molecular complexity index is 546. The molecular formula is C17H22ClFN2. The summed E-state index contributed by atoms with van der Waals surface area (Å²) in [5, 5.41) is 0. The molecule has 114 valence electrons. The summed E-state index contributed by atoms with van der Waals surface area (Å²) >= 11 is 0. The van der Waals surface area contributed by atoms with Gasteiger partial charge in [0, 0.05) is 26.2 Å². The second-order valence-electron chi connectivity index (χ2n) is 5.06. The SMILES string of the molecule is Cc1cc(F)ccc1CN(CCN)Cc1ccccc1.Cl. The first-order chi connectivity index (χ1) is 9.69. The zero-order valence-electron chi connectivity index (χ0n) is 12.3. The maximum absolute atomic E-state index is 13.1. The lowest BCUT2D eigenvalue weighted by Gasteiger charge is -2.22. The Kier molecular flexibility index (Phi) is 7.37. The van der Waals surface area contributed by atoms with E-state index in [1.807, 2.05) is 31.2 Å². The molecule has 0 heterocycles. The largest absolute Gasteiger partial charge is 0.329 e. The van der Waals surface area contributed by atoms with Crippen molar-refractivity contribution in [1.29, 1.82) is 0 Å². The van der Waals surface area contributed by atoms with E-state index >= 15 is 0 Å². The first-order valence-corrected chi connectivity index (χ1v) is 6.90. The van der Waals surface area contributed by atoms with Gasteiger partial charge in [-0.15, -0.1) is 12.4 Å². The van der Waals surface area contributed by atoms with Crippen molar-refractivity contribution >= 4 is 12.4 Å². The van der Waals surface area contributed by atoms with Crippen LogP contribution in [0.5, 0.6) is 0 Å². The zero-order valence-corrected chi connectivity index (χ0v) is 13.1. The highest BCUT2D eigenvalue weighted by Gasteiger charge is 2.08. The fourth-order valence-corrected chi connectivity index (χ4v) is 2.32. The fraction of sp³-hybridized carbons (Fsp3) is 0.294. The molecule has 0 unspecified atom stereocenters. The van der Waals surface area contributed by atoms with Gasteiger partial charge in [0.2, 0.25) is 0 Å². The predicted molar refractivity (Wildman–Crippen MR) is 88.0 cm³/mol. The van der Waals surface area contributed by atoms with Crippen molar-refractivity contribution in [2.24, 2.45) is 5.73 Å². The standard InChI is InChI=1S/C17H21FN2.ClH/c1-14-11-17(18)8-7-16(14)13-20(10-9-19)12-15-5-3-2-4-6-15;/h2-8,11H,9-10,12-13,19H2,1H3;1H. The van der Waals surface area contributed by atoms with E-state index in [0.717, 1.165) is 30.8 Å². The molecule has 0 aromatic heterocycles. The van der Waals surface area contributed by atoms with Crippen molar-refractivity contribution in [1.82, 2.24) is 4.90 Å². The van der Waals surface area contributed by atoms with Gasteiger partial charge in [0.15, 0.2) is 0 Å². The number of benzene rings is 2. The van der Waals surface area contributed by atoms with E-state index < -0.39 is 0 Å². The van der Waals surface area contributed by atoms with Crippen molar-refractivity contribution in [3.8, 4) is 0 Å². The van der Waals surface area contributed by atoms with Gasteiger partial charge in [-0.3, -0.25) is 4.90 Å². The lowest BCUT2D eigenvalue weighted by atomic mass is 10.1. The molecule has 0 bridgehead atoms. The van der Waals surface area contributed by atoms with Gasteiger partial charge >= 0.3 is 0 Å². The number of hydrogen-bond donors (Lipinski definition) is 1. The summed E-state index contributed by atoms with van der Waals surface area (Å²) in [6.45, 7) is 5.04. The van der Waals surface area contributed by atoms with Crippen molar-refractivity contribution in [3.05, 3.63) is 71.0 Å². The highest BCUT2D eigenvalue weighted by atomic mass is 35.5. The van der Waals surface area contributed by atoms with E-state index in [0.29, 0.717) is 6.54 Å². The Morgan fingerprint density at radius 3 is 2.38 bits per heavy atom. The third-order valence-electron chi connectivity index (χ3n) is 3.39. The summed E-state index contributed by atoms with van der Waals surface area (Å²) in [6, 6.07) is 15.3. The predicted octanol–water partition coefficient (Wildman–Crippen LogP) is 3.52. The van der Waals surface area contributed by atoms with Crippen LogP contribution in [-0.2, 0) is 13.1 Å². The molecule has 0 atom stereocenters. The molecule has 0 radical (unpaired) electrons. The van der Waals surface area contributed by atoms with Crippen LogP contribution < -0.4 is 5.73 Å². The van der Waals surface area contributed by atoms with Crippen LogP contribution in [0.1, 0.15) is 16.7 Å². The molecule has 2 aromatic rings. The Morgan fingerprint density at radius 2 is 1.76 bits per heavy atom. The van der Waals surface area contributed by atoms with Crippen molar-refractivity contribution in [2.75, 3.05) is 13.1 Å². The summed E-state index contributed by atoms with van der Waals surface area (Å²) in [5.41, 5.74) is 9.10. The quantitative estimate of drug-likeness (QED) is 0.885. The van der Waals surface area contributed by atoms with Crippen molar-refractivity contribution in [2.45, 2.75) is 20.0 Å². The van der Waals surface area contributed by atoms with Gasteiger partial charge < -0.3 is 5.73 Å². The van der Waals surface area contributed by atoms with Crippen LogP contribution in [0.25, 0.3) is 0 Å². The van der Waals surface area contributed by atoms with E-state index in [2.05, 4.69) is 17.0 Å². The smallest absolute Gasteiger partial charge is 0.123 e. The first kappa shape index (κ1) is 17.6. The minimum Gasteiger partial charge on any atom is -0.329 e. The average molecular weight is 309 g/mol. The summed E-state index contributed by atoms with van der Waals surface area (Å²) in [4.78, 5) is 2.29. The highest BCUT2D eigenvalue weighted by Crippen LogP contribution is 2.14. The molecule has 0 fully saturated rings. The molecule has 0 spiro atoms. The number of aryl methyl sites for hydroxylation is 1. The Hall–Kier alpha value is -1.42. The van der Waals surface area contributed by atoms with Crippen LogP contribution in [0, 0.1) is 12.7 Å². The van der Waals surface area contributed by atoms with E-state index in [1.165, 1.54) is 11.6 Å². The second kappa shape index (κ2) is 8.78. The van der Waals surface area contributed by atoms with Gasteiger partial charge in [-0.2, -0.15) is 0 Å². The van der Waals surface area contributed by atoms with Crippen LogP contribution in [0.15, 0.2) is 48.5 Å². The van der Waals surface area contributed by atoms with Crippen LogP contribution in [-0.4, -0.2) is 18.0 Å². The molecule has 4 heteroatoms. The molecule has 0 aliphatic carbocycles. The van der Waals surface area contributed by atoms with Crippen LogP contribution in [0.4, 0.5) is 4.39 Å². The monoisotopic (exact) mass is 308 g/mol. The molecule has 21 heavy (non-hydrogen) atoms. The normalized spacial score (nSPS) is 10.5. The van der Waals surface area contributed by atoms with Gasteiger partial charge in [0.05, 0.1) is 0 Å². The molecule has 2 rings (SSSR count). The molecule has 0 aliphatic heterocycles. The molecule has 0 saturated carbocycles. The van der Waals surface area contributed by atoms with E-state index in [1.54, 1.807) is 6.07 Å². The van der Waals surface area contributed by atoms with E-state index in [4.69, 9.17) is 5.73 Å². The van der Waals surface area contributed by atoms with Gasteiger partial charge in [0.25, 0.3) is 0 Å². The third-order valence-corrected chi connectivity index (χ3v) is 3.39. The minimum atomic E-state index is -0.181. The van der Waals surface area contributed by atoms with E-state index in [9.17, 15) is 4.39 Å². The molecule has 2 nitrogen and oxygen atoms in total. The average Bonchev–Trinajstić information content (AvgIpc) is 2.43. The number of nitrogens with two attached hydrogens (primary N) is 1. The lowest BCUT2D eigenvalue weighted by Crippen LogP contribution is -2.29. The maximum Gasteiger partial charge on any atom is 0.123 e. The van der Waals surface area contributed by atoms with Gasteiger partial charge in [-0.05, 0) is 35.7 Å². The summed E-state index contributed by atoms with van der Waals surface area (Å²) in [6.07, 6.45) is 0. The topological polar surface area (TPSA) is 29.3 Å². The third kappa shape index (κ3) is 5.46. The molecule has 2 N–H and O–H groups in total. The van der Waals surface area contributed by atoms with Gasteiger partial charge in [0.1, 0.15) is 5.82 Å². The molecule has 2 aromatic carbocycles. The van der Waals surface area contributed by atoms with Crippen LogP contribution in [0.2, 0.25) is 0 Å². The minimum absolute atomic E-state index is 0. The van der Waals surface area contributed by atoms with Crippen LogP contribution >= 0.6 is 12.4 Å². The number of rotatable bonds is 6. The number of halogens is 2. The molecular weight excluding hydrogens is 287 g/mol. The first-order valence-electron chi connectivity index (χ1n) is 6.90. The van der Waals surface area contributed by atoms with Crippen molar-refractivity contribution in [3.63, 3.8) is 0 Å². The molecule has 0 amide bonds. The maximum atomic E-state index is 13.1. The highest BCUT2D eigenvalue weighted by molar-refractivity contribution is 5.85. The summed E-state index contributed by atoms with van der Waals surface area (Å²) < 4.78 is 13.1. The Labute approximate surface area is 132 Å². The fourth-order valence-electron chi connectivity index (χ4n) is 2.32.